The Morgan fingerprint density at radius 2 is 1.86 bits per heavy atom. The molecule has 0 bridgehead atoms. The molecule has 0 heterocycles. The van der Waals surface area contributed by atoms with E-state index in [4.69, 9.17) is 9.47 Å². The van der Waals surface area contributed by atoms with Crippen LogP contribution in [-0.4, -0.2) is 36.6 Å². The van der Waals surface area contributed by atoms with Gasteiger partial charge in [0.15, 0.2) is 6.61 Å². The van der Waals surface area contributed by atoms with E-state index >= 15 is 0 Å². The van der Waals surface area contributed by atoms with Crippen LogP contribution in [-0.2, 0) is 4.79 Å². The van der Waals surface area contributed by atoms with Gasteiger partial charge in [0.2, 0.25) is 0 Å². The topological polar surface area (TPSA) is 120 Å². The molecule has 0 spiro atoms. The first-order valence-corrected chi connectivity index (χ1v) is 9.00. The summed E-state index contributed by atoms with van der Waals surface area (Å²) in [4.78, 5) is 34.3. The van der Waals surface area contributed by atoms with Crippen LogP contribution in [0.2, 0.25) is 0 Å². The third-order valence-corrected chi connectivity index (χ3v) is 4.18. The largest absolute Gasteiger partial charge is 0.497 e. The summed E-state index contributed by atoms with van der Waals surface area (Å²) in [5, 5.41) is 15.9. The van der Waals surface area contributed by atoms with Crippen molar-refractivity contribution in [3.05, 3.63) is 52.6 Å². The number of benzene rings is 2. The maximum Gasteiger partial charge on any atom is 0.321 e. The van der Waals surface area contributed by atoms with Gasteiger partial charge in [0, 0.05) is 23.7 Å². The maximum absolute atomic E-state index is 12.0. The Bertz CT molecular complexity index is 882. The van der Waals surface area contributed by atoms with E-state index in [1.165, 1.54) is 25.3 Å². The van der Waals surface area contributed by atoms with Gasteiger partial charge in [0.05, 0.1) is 12.0 Å². The molecule has 9 nitrogen and oxygen atoms in total. The summed E-state index contributed by atoms with van der Waals surface area (Å²) >= 11 is 0. The highest BCUT2D eigenvalue weighted by Crippen LogP contribution is 2.34. The molecule has 2 aromatic carbocycles. The third kappa shape index (κ3) is 6.20. The van der Waals surface area contributed by atoms with E-state index in [0.717, 1.165) is 6.42 Å². The Morgan fingerprint density at radius 3 is 2.45 bits per heavy atom. The summed E-state index contributed by atoms with van der Waals surface area (Å²) in [6.45, 7) is 3.30. The number of nitro benzene ring substituents is 1. The average Bonchev–Trinajstić information content (AvgIpc) is 2.71. The molecule has 2 N–H and O–H groups in total. The van der Waals surface area contributed by atoms with Gasteiger partial charge in [0.25, 0.3) is 11.6 Å². The first-order chi connectivity index (χ1) is 13.8. The van der Waals surface area contributed by atoms with Crippen molar-refractivity contribution in [3.8, 4) is 22.6 Å². The van der Waals surface area contributed by atoms with Gasteiger partial charge in [-0.2, -0.15) is 0 Å². The van der Waals surface area contributed by atoms with Crippen molar-refractivity contribution in [1.29, 1.82) is 0 Å². The maximum atomic E-state index is 12.0. The van der Waals surface area contributed by atoms with Gasteiger partial charge in [-0.25, -0.2) is 4.79 Å². The van der Waals surface area contributed by atoms with Crippen LogP contribution in [0.1, 0.15) is 20.3 Å². The van der Waals surface area contributed by atoms with E-state index in [2.05, 4.69) is 10.6 Å². The second-order valence-corrected chi connectivity index (χ2v) is 6.29. The van der Waals surface area contributed by atoms with Gasteiger partial charge >= 0.3 is 6.03 Å². The van der Waals surface area contributed by atoms with E-state index in [0.29, 0.717) is 16.9 Å². The molecule has 0 unspecified atom stereocenters. The minimum Gasteiger partial charge on any atom is -0.497 e. The molecule has 2 rings (SSSR count). The third-order valence-electron chi connectivity index (χ3n) is 4.18. The molecule has 0 aromatic heterocycles. The van der Waals surface area contributed by atoms with Gasteiger partial charge in [-0.05, 0) is 37.1 Å². The highest BCUT2D eigenvalue weighted by Gasteiger charge is 2.16. The highest BCUT2D eigenvalue weighted by atomic mass is 16.6. The fourth-order valence-corrected chi connectivity index (χ4v) is 2.42. The van der Waals surface area contributed by atoms with Crippen LogP contribution in [0, 0.1) is 10.1 Å². The number of hydrogen-bond acceptors (Lipinski definition) is 6. The average molecular weight is 401 g/mol. The van der Waals surface area contributed by atoms with E-state index < -0.39 is 23.5 Å². The number of amides is 3. The molecule has 0 aliphatic heterocycles. The molecule has 0 aliphatic rings. The van der Waals surface area contributed by atoms with Crippen LogP contribution < -0.4 is 20.1 Å². The Hall–Kier alpha value is -3.62. The summed E-state index contributed by atoms with van der Waals surface area (Å²) in [7, 11) is 1.53. The Labute approximate surface area is 168 Å². The first-order valence-electron chi connectivity index (χ1n) is 9.00. The van der Waals surface area contributed by atoms with Crippen molar-refractivity contribution in [1.82, 2.24) is 10.6 Å². The minimum absolute atomic E-state index is 0.0694. The number of carbonyl (C=O) groups is 2. The van der Waals surface area contributed by atoms with E-state index in [9.17, 15) is 19.7 Å². The summed E-state index contributed by atoms with van der Waals surface area (Å²) in [6, 6.07) is 10.3. The molecule has 0 fully saturated rings. The van der Waals surface area contributed by atoms with Crippen LogP contribution in [0.3, 0.4) is 0 Å². The molecular formula is C20H23N3O6. The second kappa shape index (κ2) is 10.1. The highest BCUT2D eigenvalue weighted by molar-refractivity contribution is 5.95. The van der Waals surface area contributed by atoms with Crippen LogP contribution in [0.5, 0.6) is 11.5 Å². The number of nitro groups is 1. The summed E-state index contributed by atoms with van der Waals surface area (Å²) in [6.07, 6.45) is 0.728. The van der Waals surface area contributed by atoms with E-state index in [1.807, 2.05) is 13.8 Å². The molecule has 2 aromatic rings. The van der Waals surface area contributed by atoms with Gasteiger partial charge in [0.1, 0.15) is 11.5 Å². The number of urea groups is 1. The van der Waals surface area contributed by atoms with E-state index in [-0.39, 0.29) is 17.5 Å². The van der Waals surface area contributed by atoms with Crippen molar-refractivity contribution in [2.75, 3.05) is 13.7 Å². The lowest BCUT2D eigenvalue weighted by atomic mass is 10.0. The normalized spacial score (nSPS) is 11.3. The molecular weight excluding hydrogens is 378 g/mol. The van der Waals surface area contributed by atoms with Gasteiger partial charge in [-0.1, -0.05) is 19.1 Å². The van der Waals surface area contributed by atoms with Crippen molar-refractivity contribution in [2.45, 2.75) is 26.3 Å². The van der Waals surface area contributed by atoms with Crippen molar-refractivity contribution in [2.24, 2.45) is 0 Å². The molecule has 0 radical (unpaired) electrons. The lowest BCUT2D eigenvalue weighted by Gasteiger charge is -2.14. The number of methoxy groups -OCH3 is 1. The number of ether oxygens (including phenoxy) is 2. The zero-order chi connectivity index (χ0) is 21.4. The SMILES string of the molecule is CC[C@@H](C)NC(=O)NC(=O)COc1ccc([N+](=O)[O-])cc1-c1ccc(OC)cc1. The summed E-state index contributed by atoms with van der Waals surface area (Å²) in [5.74, 6) is 0.274. The fourth-order valence-electron chi connectivity index (χ4n) is 2.42. The van der Waals surface area contributed by atoms with Crippen LogP contribution in [0.25, 0.3) is 11.1 Å². The van der Waals surface area contributed by atoms with Gasteiger partial charge in [-0.15, -0.1) is 0 Å². The van der Waals surface area contributed by atoms with Gasteiger partial charge < -0.3 is 14.8 Å². The van der Waals surface area contributed by atoms with Crippen LogP contribution >= 0.6 is 0 Å². The minimum atomic E-state index is -0.634. The van der Waals surface area contributed by atoms with Crippen LogP contribution in [0.4, 0.5) is 10.5 Å². The summed E-state index contributed by atoms with van der Waals surface area (Å²) < 4.78 is 10.6. The Balaban J connectivity index is 2.16. The lowest BCUT2D eigenvalue weighted by molar-refractivity contribution is -0.384. The number of nitrogens with zero attached hydrogens (tertiary/aromatic N) is 1. The van der Waals surface area contributed by atoms with Crippen molar-refractivity contribution >= 4 is 17.6 Å². The Morgan fingerprint density at radius 1 is 1.17 bits per heavy atom. The van der Waals surface area contributed by atoms with Crippen molar-refractivity contribution < 1.29 is 24.0 Å². The molecule has 0 aliphatic carbocycles. The molecule has 154 valence electrons. The van der Waals surface area contributed by atoms with Crippen molar-refractivity contribution in [3.63, 3.8) is 0 Å². The molecule has 1 atom stereocenters. The predicted molar refractivity (Wildman–Crippen MR) is 107 cm³/mol. The zero-order valence-electron chi connectivity index (χ0n) is 16.4. The number of carbonyl (C=O) groups excluding carboxylic acids is 2. The second-order valence-electron chi connectivity index (χ2n) is 6.29. The molecule has 3 amide bonds. The molecule has 0 saturated heterocycles. The molecule has 0 saturated carbocycles. The first kappa shape index (κ1) is 21.7. The van der Waals surface area contributed by atoms with Crippen LogP contribution in [0.15, 0.2) is 42.5 Å². The Kier molecular flexibility index (Phi) is 7.53. The van der Waals surface area contributed by atoms with Gasteiger partial charge in [-0.3, -0.25) is 20.2 Å². The quantitative estimate of drug-likeness (QED) is 0.517. The fraction of sp³-hybridized carbons (Fsp3) is 0.300. The predicted octanol–water partition coefficient (Wildman–Crippen LogP) is 3.27. The number of hydrogen-bond donors (Lipinski definition) is 2. The smallest absolute Gasteiger partial charge is 0.321 e. The monoisotopic (exact) mass is 401 g/mol. The number of non-ortho nitro benzene ring substituents is 1. The van der Waals surface area contributed by atoms with E-state index in [1.54, 1.807) is 24.3 Å². The lowest BCUT2D eigenvalue weighted by Crippen LogP contribution is -2.44. The standard InChI is InChI=1S/C20H23N3O6/c1-4-13(2)21-20(25)22-19(24)12-29-18-10-7-15(23(26)27)11-17(18)14-5-8-16(28-3)9-6-14/h5-11,13H,4,12H2,1-3H3,(H2,21,22,24,25)/t13-/m1/s1. The number of imide groups is 1. The molecule has 9 heteroatoms. The number of nitrogens with one attached hydrogen (secondary N) is 2. The molecule has 29 heavy (non-hydrogen) atoms. The summed E-state index contributed by atoms with van der Waals surface area (Å²) in [5.41, 5.74) is 0.985. The number of rotatable bonds is 8. The zero-order valence-corrected chi connectivity index (χ0v) is 16.4.